The summed E-state index contributed by atoms with van der Waals surface area (Å²) >= 11 is 0. The van der Waals surface area contributed by atoms with Gasteiger partial charge in [0.2, 0.25) is 0 Å². The van der Waals surface area contributed by atoms with Crippen LogP contribution >= 0.6 is 0 Å². The Morgan fingerprint density at radius 3 is 1.38 bits per heavy atom. The molecule has 0 aliphatic carbocycles. The lowest BCUT2D eigenvalue weighted by Crippen LogP contribution is -2.35. The lowest BCUT2D eigenvalue weighted by atomic mass is 13.4. The van der Waals surface area contributed by atoms with E-state index in [4.69, 9.17) is 25.2 Å². The zero-order chi connectivity index (χ0) is 7.21. The zero-order valence-electron chi connectivity index (χ0n) is 3.52. The van der Waals surface area contributed by atoms with Crippen LogP contribution in [0.2, 0.25) is 0 Å². The highest BCUT2D eigenvalue weighted by molar-refractivity contribution is 6.48. The number of halogens is 1. The monoisotopic (exact) mass is 142 g/mol. The maximum Gasteiger partial charge on any atom is 0.703 e. The van der Waals surface area contributed by atoms with E-state index in [1.807, 2.05) is 0 Å². The van der Waals surface area contributed by atoms with Gasteiger partial charge in [-0.25, -0.2) is 0 Å². The summed E-state index contributed by atoms with van der Waals surface area (Å²) in [5.74, 6) is 0. The molecule has 3 N–H and O–H groups in total. The fourth-order valence-corrected chi connectivity index (χ4v) is 0. The zero-order valence-corrected chi connectivity index (χ0v) is 4.52. The Labute approximate surface area is 44.6 Å². The van der Waals surface area contributed by atoms with Gasteiger partial charge in [0.25, 0.3) is 0 Å². The highest BCUT2D eigenvalue weighted by Crippen LogP contribution is 1.85. The second-order valence-electron chi connectivity index (χ2n) is 0.651. The maximum atomic E-state index is 10.3. The van der Waals surface area contributed by atoms with E-state index in [1.54, 1.807) is 0 Å². The van der Waals surface area contributed by atoms with Crippen molar-refractivity contribution in [2.24, 2.45) is 0 Å². The van der Waals surface area contributed by atoms with E-state index in [0.717, 1.165) is 0 Å². The SMILES string of the molecule is N#N.O[Si](O)(O)OF. The van der Waals surface area contributed by atoms with Gasteiger partial charge in [-0.1, -0.05) is 4.53 Å². The molecule has 0 aliphatic heterocycles. The third kappa shape index (κ3) is 18.1. The lowest BCUT2D eigenvalue weighted by molar-refractivity contribution is -0.111. The van der Waals surface area contributed by atoms with Gasteiger partial charge in [0.15, 0.2) is 0 Å². The van der Waals surface area contributed by atoms with Crippen molar-refractivity contribution in [2.45, 2.75) is 0 Å². The normalized spacial score (nSPS) is 9.25. The second-order valence-corrected chi connectivity index (χ2v) is 1.95. The van der Waals surface area contributed by atoms with Crippen molar-refractivity contribution in [1.82, 2.24) is 0 Å². The lowest BCUT2D eigenvalue weighted by Gasteiger charge is -1.96. The summed E-state index contributed by atoms with van der Waals surface area (Å²) in [6.07, 6.45) is 0. The first-order valence-electron chi connectivity index (χ1n) is 1.23. The first kappa shape index (κ1) is 10.4. The van der Waals surface area contributed by atoms with Crippen molar-refractivity contribution in [2.75, 3.05) is 0 Å². The molecule has 0 saturated carbocycles. The number of hydrogen-bond acceptors (Lipinski definition) is 6. The van der Waals surface area contributed by atoms with E-state index >= 15 is 0 Å². The predicted molar refractivity (Wildman–Crippen MR) is 18.1 cm³/mol. The van der Waals surface area contributed by atoms with Crippen LogP contribution in [-0.4, -0.2) is 23.4 Å². The van der Waals surface area contributed by atoms with E-state index in [0.29, 0.717) is 0 Å². The Kier molecular flexibility index (Phi) is 5.93. The fourth-order valence-electron chi connectivity index (χ4n) is 0. The van der Waals surface area contributed by atoms with Crippen molar-refractivity contribution in [3.05, 3.63) is 0 Å². The molecule has 6 nitrogen and oxygen atoms in total. The molecule has 48 valence electrons. The average molecular weight is 142 g/mol. The van der Waals surface area contributed by atoms with Crippen molar-refractivity contribution in [1.29, 1.82) is 10.8 Å². The van der Waals surface area contributed by atoms with Crippen LogP contribution in [0.5, 0.6) is 0 Å². The third-order valence-electron chi connectivity index (χ3n) is 0.104. The molecule has 0 bridgehead atoms. The topological polar surface area (TPSA) is 118 Å². The number of hydrogen-bond donors (Lipinski definition) is 3. The van der Waals surface area contributed by atoms with Crippen molar-refractivity contribution in [3.8, 4) is 0 Å². The molecule has 0 unspecified atom stereocenters. The van der Waals surface area contributed by atoms with Gasteiger partial charge in [0.05, 0.1) is 0 Å². The van der Waals surface area contributed by atoms with Crippen LogP contribution in [0.3, 0.4) is 0 Å². The summed E-state index contributed by atoms with van der Waals surface area (Å²) in [6.45, 7) is 0. The van der Waals surface area contributed by atoms with Gasteiger partial charge in [0.1, 0.15) is 0 Å². The standard InChI is InChI=1S/FH3O4Si.N2/c1-5-6(2,3)4;1-2/h2-4H;. The second kappa shape index (κ2) is 4.56. The molecular formula is H3FN2O4Si. The van der Waals surface area contributed by atoms with Crippen molar-refractivity contribution < 1.29 is 23.5 Å². The summed E-state index contributed by atoms with van der Waals surface area (Å²) in [7, 11) is -4.80. The summed E-state index contributed by atoms with van der Waals surface area (Å²) in [4.78, 5) is 22.4. The molecule has 0 radical (unpaired) electrons. The third-order valence-corrected chi connectivity index (χ3v) is 0.311. The van der Waals surface area contributed by atoms with Crippen LogP contribution in [-0.2, 0) is 4.63 Å². The molecule has 0 spiro atoms. The van der Waals surface area contributed by atoms with E-state index in [-0.39, 0.29) is 0 Å². The fraction of sp³-hybridized carbons (Fsp3) is 0. The number of rotatable bonds is 1. The summed E-state index contributed by atoms with van der Waals surface area (Å²) in [5, 5.41) is 12.0. The van der Waals surface area contributed by atoms with Crippen molar-refractivity contribution >= 4 is 9.05 Å². The summed E-state index contributed by atoms with van der Waals surface area (Å²) in [6, 6.07) is 0. The van der Waals surface area contributed by atoms with E-state index in [2.05, 4.69) is 4.63 Å². The minimum Gasteiger partial charge on any atom is -0.366 e. The molecule has 0 atom stereocenters. The molecular weight excluding hydrogens is 139 g/mol. The molecule has 0 fully saturated rings. The average Bonchev–Trinajstić information content (AvgIpc) is 1.71. The van der Waals surface area contributed by atoms with Gasteiger partial charge in [-0.2, -0.15) is 4.63 Å². The highest BCUT2D eigenvalue weighted by Gasteiger charge is 2.31. The quantitative estimate of drug-likeness (QED) is 0.297. The van der Waals surface area contributed by atoms with Crippen LogP contribution < -0.4 is 0 Å². The first-order valence-corrected chi connectivity index (χ1v) is 2.98. The first-order chi connectivity index (χ1) is 3.56. The Morgan fingerprint density at radius 2 is 1.38 bits per heavy atom. The van der Waals surface area contributed by atoms with E-state index in [1.165, 1.54) is 0 Å². The van der Waals surface area contributed by atoms with Gasteiger partial charge in [-0.3, -0.25) is 0 Å². The minimum absolute atomic E-state index is 2.24. The molecule has 0 aromatic heterocycles. The predicted octanol–water partition coefficient (Wildman–Crippen LogP) is -1.67. The van der Waals surface area contributed by atoms with Crippen LogP contribution in [0.1, 0.15) is 0 Å². The Bertz CT molecular complexity index is 66.2. The van der Waals surface area contributed by atoms with Gasteiger partial charge < -0.3 is 14.4 Å². The van der Waals surface area contributed by atoms with Crippen molar-refractivity contribution in [3.63, 3.8) is 0 Å². The number of nitrogens with zero attached hydrogens (tertiary/aromatic N) is 2. The van der Waals surface area contributed by atoms with E-state index < -0.39 is 9.05 Å². The molecule has 0 heterocycles. The van der Waals surface area contributed by atoms with Gasteiger partial charge in [-0.15, -0.1) is 0 Å². The molecule has 0 aromatic rings. The molecule has 0 rings (SSSR count). The Morgan fingerprint density at radius 1 is 1.25 bits per heavy atom. The Balaban J connectivity index is 0. The molecule has 0 amide bonds. The minimum atomic E-state index is -4.80. The van der Waals surface area contributed by atoms with E-state index in [9.17, 15) is 4.53 Å². The smallest absolute Gasteiger partial charge is 0.366 e. The highest BCUT2D eigenvalue weighted by atomic mass is 28.4. The van der Waals surface area contributed by atoms with Gasteiger partial charge in [-0.05, 0) is 0 Å². The van der Waals surface area contributed by atoms with Crippen LogP contribution in [0.4, 0.5) is 4.53 Å². The van der Waals surface area contributed by atoms with Gasteiger partial charge in [0, 0.05) is 10.8 Å². The molecule has 8 heteroatoms. The Hall–Kier alpha value is -0.593. The van der Waals surface area contributed by atoms with Crippen LogP contribution in [0.25, 0.3) is 0 Å². The summed E-state index contributed by atoms with van der Waals surface area (Å²) in [5.41, 5.74) is 0. The maximum absolute atomic E-state index is 10.3. The molecule has 8 heavy (non-hydrogen) atoms. The molecule has 0 saturated heterocycles. The van der Waals surface area contributed by atoms with Crippen LogP contribution in [0.15, 0.2) is 0 Å². The van der Waals surface area contributed by atoms with Gasteiger partial charge >= 0.3 is 9.05 Å². The summed E-state index contributed by atoms with van der Waals surface area (Å²) < 4.78 is 12.6. The largest absolute Gasteiger partial charge is 0.703 e. The van der Waals surface area contributed by atoms with Crippen LogP contribution in [0, 0.1) is 10.8 Å². The molecule has 0 aromatic carbocycles. The molecule has 0 aliphatic rings.